The molecule has 2 saturated carbocycles. The Morgan fingerprint density at radius 1 is 1.35 bits per heavy atom. The Bertz CT molecular complexity index is 424. The molecule has 2 fully saturated rings. The lowest BCUT2D eigenvalue weighted by Gasteiger charge is -2.22. The molecule has 0 spiro atoms. The van der Waals surface area contributed by atoms with Crippen molar-refractivity contribution in [2.45, 2.75) is 31.7 Å². The number of rotatable bonds is 4. The van der Waals surface area contributed by atoms with Crippen molar-refractivity contribution in [1.29, 1.82) is 0 Å². The van der Waals surface area contributed by atoms with Gasteiger partial charge in [0.15, 0.2) is 0 Å². The number of carbonyl (C=O) groups excluding carboxylic acids is 1. The predicted molar refractivity (Wildman–Crippen MR) is 61.0 cm³/mol. The molecule has 0 saturated heterocycles. The van der Waals surface area contributed by atoms with Gasteiger partial charge in [0.25, 0.3) is 5.91 Å². The van der Waals surface area contributed by atoms with E-state index in [0.717, 1.165) is 19.4 Å². The quantitative estimate of drug-likeness (QED) is 0.748. The van der Waals surface area contributed by atoms with Crippen LogP contribution in [-0.4, -0.2) is 28.4 Å². The highest BCUT2D eigenvalue weighted by atomic mass is 19.1. The first-order chi connectivity index (χ1) is 8.24. The zero-order chi connectivity index (χ0) is 11.8. The van der Waals surface area contributed by atoms with Crippen LogP contribution in [0, 0.1) is 11.9 Å². The Kier molecular flexibility index (Phi) is 2.57. The van der Waals surface area contributed by atoms with Crippen LogP contribution in [-0.2, 0) is 0 Å². The Labute approximate surface area is 99.6 Å². The topological polar surface area (TPSA) is 33.2 Å². The number of hydrogen-bond donors (Lipinski definition) is 0. The number of halogens is 1. The first-order valence-corrected chi connectivity index (χ1v) is 6.16. The summed E-state index contributed by atoms with van der Waals surface area (Å²) in [5, 5.41) is 0. The van der Waals surface area contributed by atoms with E-state index in [9.17, 15) is 9.18 Å². The average Bonchev–Trinajstić information content (AvgIpc) is 3.18. The van der Waals surface area contributed by atoms with Gasteiger partial charge in [0.1, 0.15) is 0 Å². The maximum atomic E-state index is 12.7. The van der Waals surface area contributed by atoms with Crippen molar-refractivity contribution in [2.24, 2.45) is 5.92 Å². The molecule has 2 aliphatic carbocycles. The predicted octanol–water partition coefficient (Wildman–Crippen LogP) is 2.24. The van der Waals surface area contributed by atoms with Crippen molar-refractivity contribution in [2.75, 3.05) is 6.54 Å². The van der Waals surface area contributed by atoms with E-state index in [4.69, 9.17) is 0 Å². The molecule has 1 heterocycles. The second-order valence-electron chi connectivity index (χ2n) is 5.00. The van der Waals surface area contributed by atoms with Gasteiger partial charge in [-0.3, -0.25) is 4.79 Å². The number of pyridine rings is 1. The van der Waals surface area contributed by atoms with Gasteiger partial charge in [-0.2, -0.15) is 4.39 Å². The van der Waals surface area contributed by atoms with Crippen LogP contribution in [0.2, 0.25) is 0 Å². The summed E-state index contributed by atoms with van der Waals surface area (Å²) in [6.45, 7) is 0.862. The molecule has 0 radical (unpaired) electrons. The molecule has 0 atom stereocenters. The summed E-state index contributed by atoms with van der Waals surface area (Å²) in [7, 11) is 0. The summed E-state index contributed by atoms with van der Waals surface area (Å²) in [5.74, 6) is 0.154. The van der Waals surface area contributed by atoms with Crippen LogP contribution in [0.25, 0.3) is 0 Å². The lowest BCUT2D eigenvalue weighted by Crippen LogP contribution is -2.35. The molecule has 0 aliphatic heterocycles. The molecule has 0 unspecified atom stereocenters. The Balaban J connectivity index is 1.75. The molecule has 90 valence electrons. The maximum absolute atomic E-state index is 12.7. The summed E-state index contributed by atoms with van der Waals surface area (Å²) in [6, 6.07) is 3.18. The van der Waals surface area contributed by atoms with Crippen molar-refractivity contribution < 1.29 is 9.18 Å². The standard InChI is InChI=1S/C13H15FN2O/c14-12-6-3-10(7-15-12)13(17)16(11-4-5-11)8-9-1-2-9/h3,6-7,9,11H,1-2,4-5,8H2. The molecule has 0 N–H and O–H groups in total. The largest absolute Gasteiger partial charge is 0.335 e. The normalized spacial score (nSPS) is 19.1. The summed E-state index contributed by atoms with van der Waals surface area (Å²) in [6.07, 6.45) is 6.01. The molecule has 17 heavy (non-hydrogen) atoms. The smallest absolute Gasteiger partial charge is 0.255 e. The number of hydrogen-bond acceptors (Lipinski definition) is 2. The minimum atomic E-state index is -0.540. The molecule has 0 bridgehead atoms. The van der Waals surface area contributed by atoms with Gasteiger partial charge in [0.2, 0.25) is 5.95 Å². The zero-order valence-electron chi connectivity index (χ0n) is 9.60. The molecule has 3 rings (SSSR count). The molecule has 4 heteroatoms. The monoisotopic (exact) mass is 234 g/mol. The fourth-order valence-electron chi connectivity index (χ4n) is 2.03. The minimum absolute atomic E-state index is 0.00639. The van der Waals surface area contributed by atoms with Crippen molar-refractivity contribution in [3.05, 3.63) is 29.8 Å². The summed E-state index contributed by atoms with van der Waals surface area (Å²) in [5.41, 5.74) is 0.499. The molecule has 3 nitrogen and oxygen atoms in total. The van der Waals surface area contributed by atoms with Crippen LogP contribution < -0.4 is 0 Å². The third-order valence-electron chi connectivity index (χ3n) is 3.37. The van der Waals surface area contributed by atoms with E-state index >= 15 is 0 Å². The van der Waals surface area contributed by atoms with Crippen LogP contribution in [0.4, 0.5) is 4.39 Å². The fourth-order valence-corrected chi connectivity index (χ4v) is 2.03. The van der Waals surface area contributed by atoms with Gasteiger partial charge < -0.3 is 4.90 Å². The molecule has 1 aromatic heterocycles. The van der Waals surface area contributed by atoms with Gasteiger partial charge in [-0.05, 0) is 43.7 Å². The SMILES string of the molecule is O=C(c1ccc(F)nc1)N(CC1CC1)C1CC1. The van der Waals surface area contributed by atoms with Crippen LogP contribution in [0.3, 0.4) is 0 Å². The van der Waals surface area contributed by atoms with Crippen LogP contribution >= 0.6 is 0 Å². The highest BCUT2D eigenvalue weighted by Gasteiger charge is 2.36. The zero-order valence-corrected chi connectivity index (χ0v) is 9.60. The highest BCUT2D eigenvalue weighted by Crippen LogP contribution is 2.35. The first kappa shape index (κ1) is 10.7. The van der Waals surface area contributed by atoms with E-state index in [1.54, 1.807) is 0 Å². The molecule has 1 amide bonds. The Morgan fingerprint density at radius 2 is 2.12 bits per heavy atom. The Hall–Kier alpha value is -1.45. The van der Waals surface area contributed by atoms with E-state index in [2.05, 4.69) is 4.98 Å². The van der Waals surface area contributed by atoms with Gasteiger partial charge >= 0.3 is 0 Å². The second kappa shape index (κ2) is 4.09. The van der Waals surface area contributed by atoms with E-state index < -0.39 is 5.95 Å². The number of nitrogens with zero attached hydrogens (tertiary/aromatic N) is 2. The molecule has 1 aromatic rings. The molecular formula is C13H15FN2O. The molecule has 2 aliphatic rings. The second-order valence-corrected chi connectivity index (χ2v) is 5.00. The number of amides is 1. The van der Waals surface area contributed by atoms with Gasteiger partial charge in [0, 0.05) is 18.8 Å². The van der Waals surface area contributed by atoms with E-state index in [-0.39, 0.29) is 5.91 Å². The highest BCUT2D eigenvalue weighted by molar-refractivity contribution is 5.94. The third kappa shape index (κ3) is 2.46. The lowest BCUT2D eigenvalue weighted by molar-refractivity contribution is 0.0734. The molecule has 0 aromatic carbocycles. The van der Waals surface area contributed by atoms with Gasteiger partial charge in [-0.25, -0.2) is 4.98 Å². The van der Waals surface area contributed by atoms with Gasteiger partial charge in [0.05, 0.1) is 5.56 Å². The lowest BCUT2D eigenvalue weighted by atomic mass is 10.2. The minimum Gasteiger partial charge on any atom is -0.335 e. The van der Waals surface area contributed by atoms with E-state index in [0.29, 0.717) is 17.5 Å². The average molecular weight is 234 g/mol. The molecular weight excluding hydrogens is 219 g/mol. The van der Waals surface area contributed by atoms with Crippen LogP contribution in [0.1, 0.15) is 36.0 Å². The van der Waals surface area contributed by atoms with E-state index in [1.807, 2.05) is 4.90 Å². The summed E-state index contributed by atoms with van der Waals surface area (Å²) < 4.78 is 12.7. The van der Waals surface area contributed by atoms with Crippen molar-refractivity contribution in [3.63, 3.8) is 0 Å². The summed E-state index contributed by atoms with van der Waals surface area (Å²) in [4.78, 5) is 17.8. The third-order valence-corrected chi connectivity index (χ3v) is 3.37. The van der Waals surface area contributed by atoms with Crippen LogP contribution in [0.5, 0.6) is 0 Å². The van der Waals surface area contributed by atoms with Crippen molar-refractivity contribution >= 4 is 5.91 Å². The maximum Gasteiger partial charge on any atom is 0.255 e. The number of carbonyl (C=O) groups is 1. The first-order valence-electron chi connectivity index (χ1n) is 6.16. The van der Waals surface area contributed by atoms with Gasteiger partial charge in [-0.15, -0.1) is 0 Å². The van der Waals surface area contributed by atoms with Crippen LogP contribution in [0.15, 0.2) is 18.3 Å². The Morgan fingerprint density at radius 3 is 2.65 bits per heavy atom. The van der Waals surface area contributed by atoms with Gasteiger partial charge in [-0.1, -0.05) is 0 Å². The fraction of sp³-hybridized carbons (Fsp3) is 0.538. The number of aromatic nitrogens is 1. The van der Waals surface area contributed by atoms with E-state index in [1.165, 1.54) is 31.2 Å². The van der Waals surface area contributed by atoms with Crippen molar-refractivity contribution in [1.82, 2.24) is 9.88 Å². The summed E-state index contributed by atoms with van der Waals surface area (Å²) >= 11 is 0. The van der Waals surface area contributed by atoms with Crippen molar-refractivity contribution in [3.8, 4) is 0 Å².